The maximum atomic E-state index is 11.9. The lowest BCUT2D eigenvalue weighted by atomic mass is 10.2. The Morgan fingerprint density at radius 1 is 1.17 bits per heavy atom. The number of guanidine groups is 1. The van der Waals surface area contributed by atoms with E-state index < -0.39 is 0 Å². The number of likely N-dealkylation sites (N-methyl/N-ethyl adjacent to an activating group) is 1. The Hall–Kier alpha value is -2.52. The lowest BCUT2D eigenvalue weighted by Crippen LogP contribution is -2.44. The average molecular weight is 405 g/mol. The van der Waals surface area contributed by atoms with Crippen molar-refractivity contribution in [3.8, 4) is 11.5 Å². The zero-order valence-corrected chi connectivity index (χ0v) is 17.3. The van der Waals surface area contributed by atoms with Crippen molar-refractivity contribution in [1.82, 2.24) is 20.4 Å². The summed E-state index contributed by atoms with van der Waals surface area (Å²) in [6.45, 7) is 6.32. The molecule has 1 fully saturated rings. The van der Waals surface area contributed by atoms with Crippen LogP contribution in [0.3, 0.4) is 0 Å². The summed E-state index contributed by atoms with van der Waals surface area (Å²) in [7, 11) is 3.48. The SMILES string of the molecule is CN(C)C(=O)CNC(=NCc1ccc2c(c1)OCO2)NCCCN1CCOCC1. The predicted octanol–water partition coefficient (Wildman–Crippen LogP) is 0.261. The molecule has 0 spiro atoms. The van der Waals surface area contributed by atoms with Crippen molar-refractivity contribution < 1.29 is 19.0 Å². The first-order chi connectivity index (χ1) is 14.1. The van der Waals surface area contributed by atoms with Gasteiger partial charge in [0.1, 0.15) is 0 Å². The second-order valence-corrected chi connectivity index (χ2v) is 7.23. The summed E-state index contributed by atoms with van der Waals surface area (Å²) in [6.07, 6.45) is 0.992. The first-order valence-corrected chi connectivity index (χ1v) is 10.0. The van der Waals surface area contributed by atoms with E-state index in [0.717, 1.165) is 62.9 Å². The number of fused-ring (bicyclic) bond motifs is 1. The number of ether oxygens (including phenoxy) is 3. The average Bonchev–Trinajstić information content (AvgIpc) is 3.20. The zero-order chi connectivity index (χ0) is 20.5. The van der Waals surface area contributed by atoms with Crippen molar-refractivity contribution in [2.75, 3.05) is 66.8 Å². The summed E-state index contributed by atoms with van der Waals surface area (Å²) in [4.78, 5) is 20.5. The van der Waals surface area contributed by atoms with Gasteiger partial charge in [0.25, 0.3) is 0 Å². The standard InChI is InChI=1S/C20H31N5O4/c1-24(2)19(26)14-23-20(21-6-3-7-25-8-10-27-11-9-25)22-13-16-4-5-17-18(12-16)29-15-28-17/h4-5,12H,3,6-11,13-15H2,1-2H3,(H2,21,22,23). The zero-order valence-electron chi connectivity index (χ0n) is 17.3. The molecule has 1 amide bonds. The number of hydrogen-bond donors (Lipinski definition) is 2. The molecule has 0 radical (unpaired) electrons. The van der Waals surface area contributed by atoms with Crippen LogP contribution in [0, 0.1) is 0 Å². The topological polar surface area (TPSA) is 87.7 Å². The van der Waals surface area contributed by atoms with Crippen molar-refractivity contribution in [2.24, 2.45) is 4.99 Å². The third kappa shape index (κ3) is 6.79. The largest absolute Gasteiger partial charge is 0.454 e. The van der Waals surface area contributed by atoms with E-state index in [1.807, 2.05) is 18.2 Å². The van der Waals surface area contributed by atoms with Crippen LogP contribution in [0.1, 0.15) is 12.0 Å². The minimum atomic E-state index is -0.00380. The molecular weight excluding hydrogens is 374 g/mol. The van der Waals surface area contributed by atoms with E-state index in [4.69, 9.17) is 14.2 Å². The van der Waals surface area contributed by atoms with Gasteiger partial charge in [-0.3, -0.25) is 9.69 Å². The Kier molecular flexibility index (Phi) is 7.94. The number of carbonyl (C=O) groups is 1. The number of morpholine rings is 1. The molecular formula is C20H31N5O4. The molecule has 160 valence electrons. The molecule has 0 saturated carbocycles. The van der Waals surface area contributed by atoms with Gasteiger partial charge in [0.15, 0.2) is 17.5 Å². The second kappa shape index (κ2) is 10.9. The van der Waals surface area contributed by atoms with E-state index in [9.17, 15) is 4.79 Å². The van der Waals surface area contributed by atoms with Gasteiger partial charge in [-0.2, -0.15) is 0 Å². The van der Waals surface area contributed by atoms with Crippen LogP contribution in [0.25, 0.3) is 0 Å². The van der Waals surface area contributed by atoms with Gasteiger partial charge in [-0.15, -0.1) is 0 Å². The third-order valence-corrected chi connectivity index (χ3v) is 4.81. The minimum absolute atomic E-state index is 0.00380. The van der Waals surface area contributed by atoms with Crippen LogP contribution in [-0.4, -0.2) is 88.5 Å². The van der Waals surface area contributed by atoms with Gasteiger partial charge in [-0.25, -0.2) is 4.99 Å². The molecule has 1 saturated heterocycles. The summed E-state index contributed by atoms with van der Waals surface area (Å²) < 4.78 is 16.1. The molecule has 1 aromatic rings. The number of nitrogens with one attached hydrogen (secondary N) is 2. The van der Waals surface area contributed by atoms with Gasteiger partial charge in [0.2, 0.25) is 12.7 Å². The highest BCUT2D eigenvalue weighted by Crippen LogP contribution is 2.32. The van der Waals surface area contributed by atoms with E-state index >= 15 is 0 Å². The maximum Gasteiger partial charge on any atom is 0.241 e. The highest BCUT2D eigenvalue weighted by molar-refractivity contribution is 5.86. The van der Waals surface area contributed by atoms with Crippen LogP contribution >= 0.6 is 0 Å². The van der Waals surface area contributed by atoms with Crippen molar-refractivity contribution in [2.45, 2.75) is 13.0 Å². The van der Waals surface area contributed by atoms with Gasteiger partial charge in [0.05, 0.1) is 26.3 Å². The van der Waals surface area contributed by atoms with E-state index in [0.29, 0.717) is 12.5 Å². The molecule has 2 heterocycles. The second-order valence-electron chi connectivity index (χ2n) is 7.23. The van der Waals surface area contributed by atoms with Gasteiger partial charge in [-0.1, -0.05) is 6.07 Å². The van der Waals surface area contributed by atoms with Crippen LogP contribution in [0.2, 0.25) is 0 Å². The van der Waals surface area contributed by atoms with Crippen LogP contribution in [0.15, 0.2) is 23.2 Å². The number of aliphatic imine (C=N–C) groups is 1. The van der Waals surface area contributed by atoms with Crippen molar-refractivity contribution in [3.63, 3.8) is 0 Å². The highest BCUT2D eigenvalue weighted by Gasteiger charge is 2.13. The molecule has 1 aromatic carbocycles. The molecule has 2 aliphatic rings. The molecule has 9 heteroatoms. The summed E-state index contributed by atoms with van der Waals surface area (Å²) in [5, 5.41) is 6.45. The summed E-state index contributed by atoms with van der Waals surface area (Å²) >= 11 is 0. The van der Waals surface area contributed by atoms with Crippen molar-refractivity contribution in [3.05, 3.63) is 23.8 Å². The van der Waals surface area contributed by atoms with Crippen LogP contribution in [0.4, 0.5) is 0 Å². The van der Waals surface area contributed by atoms with Crippen molar-refractivity contribution >= 4 is 11.9 Å². The molecule has 0 atom stereocenters. The van der Waals surface area contributed by atoms with E-state index in [-0.39, 0.29) is 19.2 Å². The first-order valence-electron chi connectivity index (χ1n) is 10.0. The Labute approximate surface area is 172 Å². The maximum absolute atomic E-state index is 11.9. The van der Waals surface area contributed by atoms with Crippen LogP contribution in [-0.2, 0) is 16.1 Å². The molecule has 2 aliphatic heterocycles. The number of hydrogen-bond acceptors (Lipinski definition) is 6. The molecule has 2 N–H and O–H groups in total. The Bertz CT molecular complexity index is 704. The minimum Gasteiger partial charge on any atom is -0.454 e. The normalized spacial score (nSPS) is 16.6. The number of amides is 1. The molecule has 0 aromatic heterocycles. The Balaban J connectivity index is 1.51. The fourth-order valence-electron chi connectivity index (χ4n) is 3.04. The summed E-state index contributed by atoms with van der Waals surface area (Å²) in [6, 6.07) is 5.80. The smallest absolute Gasteiger partial charge is 0.241 e. The van der Waals surface area contributed by atoms with Crippen molar-refractivity contribution in [1.29, 1.82) is 0 Å². The third-order valence-electron chi connectivity index (χ3n) is 4.81. The molecule has 0 unspecified atom stereocenters. The van der Waals surface area contributed by atoms with E-state index in [1.54, 1.807) is 19.0 Å². The molecule has 3 rings (SSSR count). The number of rotatable bonds is 8. The lowest BCUT2D eigenvalue weighted by molar-refractivity contribution is -0.127. The van der Waals surface area contributed by atoms with Crippen LogP contribution < -0.4 is 20.1 Å². The van der Waals surface area contributed by atoms with Gasteiger partial charge < -0.3 is 29.7 Å². The Morgan fingerprint density at radius 3 is 2.76 bits per heavy atom. The molecule has 0 bridgehead atoms. The molecule has 9 nitrogen and oxygen atoms in total. The quantitative estimate of drug-likeness (QED) is 0.364. The first kappa shape index (κ1) is 21.2. The van der Waals surface area contributed by atoms with Gasteiger partial charge in [0, 0.05) is 33.7 Å². The summed E-state index contributed by atoms with van der Waals surface area (Å²) in [5.74, 6) is 2.12. The molecule has 0 aliphatic carbocycles. The van der Waals surface area contributed by atoms with E-state index in [2.05, 4.69) is 20.5 Å². The Morgan fingerprint density at radius 2 is 1.97 bits per heavy atom. The summed E-state index contributed by atoms with van der Waals surface area (Å²) in [5.41, 5.74) is 1.02. The number of nitrogens with zero attached hydrogens (tertiary/aromatic N) is 3. The monoisotopic (exact) mass is 405 g/mol. The predicted molar refractivity (Wildman–Crippen MR) is 110 cm³/mol. The van der Waals surface area contributed by atoms with Crippen LogP contribution in [0.5, 0.6) is 11.5 Å². The highest BCUT2D eigenvalue weighted by atomic mass is 16.7. The molecule has 29 heavy (non-hydrogen) atoms. The lowest BCUT2D eigenvalue weighted by Gasteiger charge is -2.26. The number of carbonyl (C=O) groups excluding carboxylic acids is 1. The van der Waals surface area contributed by atoms with Gasteiger partial charge in [-0.05, 0) is 30.7 Å². The fraction of sp³-hybridized carbons (Fsp3) is 0.600. The number of benzene rings is 1. The van der Waals surface area contributed by atoms with Gasteiger partial charge >= 0.3 is 0 Å². The fourth-order valence-corrected chi connectivity index (χ4v) is 3.04. The van der Waals surface area contributed by atoms with E-state index in [1.165, 1.54) is 0 Å².